The van der Waals surface area contributed by atoms with Gasteiger partial charge in [0.05, 0.1) is 16.4 Å². The van der Waals surface area contributed by atoms with E-state index in [1.807, 2.05) is 58.0 Å². The Morgan fingerprint density at radius 3 is 2.18 bits per heavy atom. The number of carbonyl (C=O) groups is 1. The van der Waals surface area contributed by atoms with Gasteiger partial charge in [-0.3, -0.25) is 4.79 Å². The number of amides is 1. The van der Waals surface area contributed by atoms with Gasteiger partial charge >= 0.3 is 6.18 Å². The Morgan fingerprint density at radius 1 is 0.816 bits per heavy atom. The highest BCUT2D eigenvalue weighted by Gasteiger charge is 2.30. The Balaban J connectivity index is 1.26. The monoisotopic (exact) mass is 672 g/mol. The van der Waals surface area contributed by atoms with Gasteiger partial charge in [-0.05, 0) is 91.4 Å². The molecule has 5 nitrogen and oxygen atoms in total. The number of aromatic nitrogens is 1. The summed E-state index contributed by atoms with van der Waals surface area (Å²) in [7, 11) is 0. The Morgan fingerprint density at radius 2 is 1.49 bits per heavy atom. The first-order chi connectivity index (χ1) is 23.6. The lowest BCUT2D eigenvalue weighted by Gasteiger charge is -2.27. The summed E-state index contributed by atoms with van der Waals surface area (Å²) in [6.07, 6.45) is -1.67. The van der Waals surface area contributed by atoms with Gasteiger partial charge in [0, 0.05) is 30.7 Å². The standard InChI is InChI=1S/C39H37F5N4O/c40-34-8-5-6-30(38(34)41)16-19-32-24-35(45)33-7-1-2-9-36(33)48(32)26-37(49)47(23-22-46-20-3-4-21-46)25-27-10-12-28(13-11-27)29-14-17-31(18-15-29)39(42,43)44/h1-2,5-15,17-18,24,45H,3-4,16,19-23,25-26H2. The molecule has 0 radical (unpaired) electrons. The van der Waals surface area contributed by atoms with Crippen molar-refractivity contribution in [2.75, 3.05) is 26.2 Å². The predicted octanol–water partition coefficient (Wildman–Crippen LogP) is 7.99. The number of alkyl halides is 3. The van der Waals surface area contributed by atoms with Gasteiger partial charge in [-0.2, -0.15) is 13.2 Å². The molecular weight excluding hydrogens is 635 g/mol. The molecule has 0 bridgehead atoms. The summed E-state index contributed by atoms with van der Waals surface area (Å²) < 4.78 is 69.5. The van der Waals surface area contributed by atoms with Crippen molar-refractivity contribution in [2.24, 2.45) is 0 Å². The fourth-order valence-corrected chi connectivity index (χ4v) is 6.48. The Hall–Kier alpha value is -4.83. The average Bonchev–Trinajstić information content (AvgIpc) is 3.62. The third kappa shape index (κ3) is 8.08. The van der Waals surface area contributed by atoms with Crippen LogP contribution in [0.25, 0.3) is 22.0 Å². The molecule has 1 fully saturated rings. The van der Waals surface area contributed by atoms with Gasteiger partial charge in [0.1, 0.15) is 6.54 Å². The van der Waals surface area contributed by atoms with E-state index in [0.29, 0.717) is 41.7 Å². The first-order valence-corrected chi connectivity index (χ1v) is 16.4. The van der Waals surface area contributed by atoms with Gasteiger partial charge < -0.3 is 19.8 Å². The SMILES string of the molecule is N=c1cc(CCc2cccc(F)c2F)n(CC(=O)N(CCN2CCCC2)Cc2ccc(-c3ccc(C(F)(F)F)cc3)cc2)c2ccccc12. The summed E-state index contributed by atoms with van der Waals surface area (Å²) >= 11 is 0. The van der Waals surface area contributed by atoms with E-state index in [1.165, 1.54) is 18.2 Å². The number of hydrogen-bond acceptors (Lipinski definition) is 3. The van der Waals surface area contributed by atoms with Crippen LogP contribution in [0, 0.1) is 17.0 Å². The molecule has 6 rings (SSSR count). The molecule has 0 aliphatic carbocycles. The van der Waals surface area contributed by atoms with Crippen LogP contribution in [-0.4, -0.2) is 46.5 Å². The molecule has 1 N–H and O–H groups in total. The van der Waals surface area contributed by atoms with E-state index < -0.39 is 23.4 Å². The molecule has 254 valence electrons. The number of likely N-dealkylation sites (tertiary alicyclic amines) is 1. The second-order valence-electron chi connectivity index (χ2n) is 12.5. The average molecular weight is 673 g/mol. The van der Waals surface area contributed by atoms with Gasteiger partial charge in [0.25, 0.3) is 0 Å². The smallest absolute Gasteiger partial charge is 0.336 e. The summed E-state index contributed by atoms with van der Waals surface area (Å²) in [5, 5.41) is 9.62. The topological polar surface area (TPSA) is 52.3 Å². The van der Waals surface area contributed by atoms with E-state index in [-0.39, 0.29) is 29.8 Å². The highest BCUT2D eigenvalue weighted by atomic mass is 19.4. The van der Waals surface area contributed by atoms with Crippen molar-refractivity contribution in [3.8, 4) is 11.1 Å². The number of benzene rings is 4. The molecule has 2 heterocycles. The summed E-state index contributed by atoms with van der Waals surface area (Å²) in [6, 6.07) is 25.7. The zero-order valence-corrected chi connectivity index (χ0v) is 26.9. The van der Waals surface area contributed by atoms with E-state index in [9.17, 15) is 26.7 Å². The molecule has 1 amide bonds. The second kappa shape index (κ2) is 14.7. The first kappa shape index (κ1) is 34.0. The number of para-hydroxylation sites is 1. The lowest BCUT2D eigenvalue weighted by atomic mass is 10.0. The van der Waals surface area contributed by atoms with Crippen molar-refractivity contribution in [2.45, 2.75) is 44.9 Å². The molecule has 49 heavy (non-hydrogen) atoms. The van der Waals surface area contributed by atoms with Crippen LogP contribution in [0.3, 0.4) is 0 Å². The van der Waals surface area contributed by atoms with E-state index in [1.54, 1.807) is 12.1 Å². The summed E-state index contributed by atoms with van der Waals surface area (Å²) in [5.74, 6) is -1.94. The van der Waals surface area contributed by atoms with Crippen LogP contribution in [0.5, 0.6) is 0 Å². The maximum atomic E-state index is 14.5. The van der Waals surface area contributed by atoms with Crippen LogP contribution >= 0.6 is 0 Å². The number of nitrogens with zero attached hydrogens (tertiary/aromatic N) is 3. The number of aryl methyl sites for hydroxylation is 2. The quantitative estimate of drug-likeness (QED) is 0.145. The fourth-order valence-electron chi connectivity index (χ4n) is 6.48. The molecule has 1 aromatic heterocycles. The predicted molar refractivity (Wildman–Crippen MR) is 180 cm³/mol. The number of halogens is 5. The van der Waals surface area contributed by atoms with E-state index in [2.05, 4.69) is 4.90 Å². The number of hydrogen-bond donors (Lipinski definition) is 1. The normalized spacial score (nSPS) is 13.7. The molecule has 0 unspecified atom stereocenters. The van der Waals surface area contributed by atoms with E-state index >= 15 is 0 Å². The number of nitrogens with one attached hydrogen (secondary N) is 1. The van der Waals surface area contributed by atoms with Gasteiger partial charge in [-0.15, -0.1) is 0 Å². The lowest BCUT2D eigenvalue weighted by Crippen LogP contribution is -2.39. The van der Waals surface area contributed by atoms with E-state index in [0.717, 1.165) is 61.8 Å². The highest BCUT2D eigenvalue weighted by Crippen LogP contribution is 2.31. The second-order valence-corrected chi connectivity index (χ2v) is 12.5. The molecular formula is C39H37F5N4O. The van der Waals surface area contributed by atoms with E-state index in [4.69, 9.17) is 5.41 Å². The molecule has 0 saturated carbocycles. The number of carbonyl (C=O) groups excluding carboxylic acids is 1. The molecule has 1 aliphatic heterocycles. The van der Waals surface area contributed by atoms with Crippen molar-refractivity contribution < 1.29 is 26.7 Å². The maximum absolute atomic E-state index is 14.5. The lowest BCUT2D eigenvalue weighted by molar-refractivity contribution is -0.137. The van der Waals surface area contributed by atoms with Crippen LogP contribution in [-0.2, 0) is 36.9 Å². The van der Waals surface area contributed by atoms with Gasteiger partial charge in [0.15, 0.2) is 11.6 Å². The van der Waals surface area contributed by atoms with Crippen LogP contribution in [0.2, 0.25) is 0 Å². The maximum Gasteiger partial charge on any atom is 0.416 e. The Kier molecular flexibility index (Phi) is 10.2. The minimum absolute atomic E-state index is 0.00853. The Labute approximate surface area is 281 Å². The molecule has 1 aliphatic rings. The number of fused-ring (bicyclic) bond motifs is 1. The third-order valence-electron chi connectivity index (χ3n) is 9.23. The Bertz CT molecular complexity index is 1980. The zero-order chi connectivity index (χ0) is 34.5. The molecule has 1 saturated heterocycles. The summed E-state index contributed by atoms with van der Waals surface area (Å²) in [4.78, 5) is 18.4. The third-order valence-corrected chi connectivity index (χ3v) is 9.23. The van der Waals surface area contributed by atoms with Crippen molar-refractivity contribution in [3.63, 3.8) is 0 Å². The molecule has 5 aromatic rings. The first-order valence-electron chi connectivity index (χ1n) is 16.4. The van der Waals surface area contributed by atoms with Gasteiger partial charge in [-0.1, -0.05) is 66.7 Å². The number of pyridine rings is 1. The van der Waals surface area contributed by atoms with Crippen molar-refractivity contribution >= 4 is 16.8 Å². The molecule has 4 aromatic carbocycles. The molecule has 0 atom stereocenters. The highest BCUT2D eigenvalue weighted by molar-refractivity contribution is 5.82. The van der Waals surface area contributed by atoms with Gasteiger partial charge in [-0.25, -0.2) is 8.78 Å². The van der Waals surface area contributed by atoms with Crippen LogP contribution in [0.1, 0.15) is 35.2 Å². The minimum atomic E-state index is -4.40. The zero-order valence-electron chi connectivity index (χ0n) is 26.9. The van der Waals surface area contributed by atoms with Crippen LogP contribution < -0.4 is 5.36 Å². The van der Waals surface area contributed by atoms with Crippen molar-refractivity contribution in [1.29, 1.82) is 5.41 Å². The summed E-state index contributed by atoms with van der Waals surface area (Å²) in [6.45, 7) is 3.50. The fraction of sp³-hybridized carbons (Fsp3) is 0.282. The number of rotatable bonds is 11. The molecule has 0 spiro atoms. The largest absolute Gasteiger partial charge is 0.416 e. The van der Waals surface area contributed by atoms with Crippen LogP contribution in [0.4, 0.5) is 22.0 Å². The van der Waals surface area contributed by atoms with Crippen molar-refractivity contribution in [3.05, 3.63) is 136 Å². The van der Waals surface area contributed by atoms with Crippen LogP contribution in [0.15, 0.2) is 97.1 Å². The van der Waals surface area contributed by atoms with Crippen molar-refractivity contribution in [1.82, 2.24) is 14.4 Å². The molecule has 10 heteroatoms. The van der Waals surface area contributed by atoms with Gasteiger partial charge in [0.2, 0.25) is 5.91 Å². The summed E-state index contributed by atoms with van der Waals surface area (Å²) in [5.41, 5.74) is 3.21. The minimum Gasteiger partial charge on any atom is -0.336 e.